The van der Waals surface area contributed by atoms with Gasteiger partial charge in [0.15, 0.2) is 0 Å². The van der Waals surface area contributed by atoms with Gasteiger partial charge in [0.2, 0.25) is 5.91 Å². The molecule has 7 nitrogen and oxygen atoms in total. The highest BCUT2D eigenvalue weighted by Crippen LogP contribution is 2.32. The molecule has 5 N–H and O–H groups in total. The number of aromatic carboxylic acids is 1. The first kappa shape index (κ1) is 16.8. The molecule has 1 aliphatic heterocycles. The summed E-state index contributed by atoms with van der Waals surface area (Å²) in [5.41, 5.74) is 6.63. The lowest BCUT2D eigenvalue weighted by Gasteiger charge is -2.29. The van der Waals surface area contributed by atoms with Crippen molar-refractivity contribution in [2.75, 3.05) is 0 Å². The zero-order valence-corrected chi connectivity index (χ0v) is 13.4. The second-order valence-electron chi connectivity index (χ2n) is 6.74. The fourth-order valence-electron chi connectivity index (χ4n) is 3.51. The Morgan fingerprint density at radius 2 is 2.12 bits per heavy atom. The van der Waals surface area contributed by atoms with Crippen LogP contribution in [-0.2, 0) is 11.2 Å². The van der Waals surface area contributed by atoms with Gasteiger partial charge in [-0.15, -0.1) is 0 Å². The number of carboxylic acids is 1. The number of carbonyl (C=O) groups is 2. The Labute approximate surface area is 140 Å². The van der Waals surface area contributed by atoms with Gasteiger partial charge in [-0.1, -0.05) is 19.1 Å². The molecule has 0 radical (unpaired) electrons. The number of amides is 1. The van der Waals surface area contributed by atoms with Crippen LogP contribution < -0.4 is 15.7 Å². The van der Waals surface area contributed by atoms with E-state index in [9.17, 15) is 19.7 Å². The predicted molar refractivity (Wildman–Crippen MR) is 87.5 cm³/mol. The van der Waals surface area contributed by atoms with Crippen LogP contribution in [0.3, 0.4) is 0 Å². The fourth-order valence-corrected chi connectivity index (χ4v) is 3.51. The van der Waals surface area contributed by atoms with Crippen LogP contribution in [0.5, 0.6) is 5.75 Å². The van der Waals surface area contributed by atoms with Crippen LogP contribution >= 0.6 is 0 Å². The van der Waals surface area contributed by atoms with E-state index in [1.807, 2.05) is 6.92 Å². The molecule has 1 amide bonds. The van der Waals surface area contributed by atoms with Crippen LogP contribution in [-0.4, -0.2) is 41.1 Å². The molecule has 0 unspecified atom stereocenters. The van der Waals surface area contributed by atoms with Gasteiger partial charge in [0, 0.05) is 12.0 Å². The van der Waals surface area contributed by atoms with Crippen molar-refractivity contribution < 1.29 is 24.4 Å². The van der Waals surface area contributed by atoms with Gasteiger partial charge < -0.3 is 25.8 Å². The summed E-state index contributed by atoms with van der Waals surface area (Å²) in [5.74, 6) is -1.56. The molecular weight excluding hydrogens is 311 g/mol. The minimum atomic E-state index is -1.28. The minimum Gasteiger partial charge on any atom is -0.534 e. The smallest absolute Gasteiger partial charge is 0.534 e. The quantitative estimate of drug-likeness (QED) is 0.587. The van der Waals surface area contributed by atoms with Crippen molar-refractivity contribution in [1.29, 1.82) is 0 Å². The highest BCUT2D eigenvalue weighted by molar-refractivity contribution is 6.47. The number of benzene rings is 1. The number of fused-ring (bicyclic) bond motifs is 1. The fraction of sp³-hybridized carbons (Fsp3) is 0.500. The highest BCUT2D eigenvalue weighted by atomic mass is 16.5. The second kappa shape index (κ2) is 6.45. The van der Waals surface area contributed by atoms with E-state index in [0.717, 1.165) is 6.42 Å². The monoisotopic (exact) mass is 332 g/mol. The second-order valence-corrected chi connectivity index (χ2v) is 6.74. The molecule has 1 aromatic rings. The summed E-state index contributed by atoms with van der Waals surface area (Å²) in [6.07, 6.45) is 1.69. The summed E-state index contributed by atoms with van der Waals surface area (Å²) in [6, 6.07) is 4.81. The molecule has 1 heterocycles. The Morgan fingerprint density at radius 3 is 2.75 bits per heavy atom. The molecule has 2 aliphatic rings. The van der Waals surface area contributed by atoms with Gasteiger partial charge >= 0.3 is 13.1 Å². The molecule has 1 aromatic carbocycles. The zero-order chi connectivity index (χ0) is 17.4. The number of para-hydroxylation sites is 1. The lowest BCUT2D eigenvalue weighted by Crippen LogP contribution is -2.54. The predicted octanol–water partition coefficient (Wildman–Crippen LogP) is 0.198. The summed E-state index contributed by atoms with van der Waals surface area (Å²) in [5, 5.41) is 22.2. The number of carboxylic acid groups (broad SMARTS) is 1. The van der Waals surface area contributed by atoms with Crippen LogP contribution in [0.15, 0.2) is 18.2 Å². The number of nitrogens with one attached hydrogen (secondary N) is 1. The summed E-state index contributed by atoms with van der Waals surface area (Å²) in [7, 11) is -1.28. The number of hydrogen-bond acceptors (Lipinski definition) is 5. The normalized spacial score (nSPS) is 28.9. The lowest BCUT2D eigenvalue weighted by molar-refractivity contribution is -0.125. The van der Waals surface area contributed by atoms with Crippen molar-refractivity contribution in [2.45, 2.75) is 38.2 Å². The summed E-state index contributed by atoms with van der Waals surface area (Å²) in [4.78, 5) is 23.6. The van der Waals surface area contributed by atoms with Gasteiger partial charge in [0.1, 0.15) is 5.75 Å². The van der Waals surface area contributed by atoms with Crippen LogP contribution in [0.1, 0.15) is 35.7 Å². The maximum atomic E-state index is 12.4. The van der Waals surface area contributed by atoms with Crippen LogP contribution in [0.2, 0.25) is 0 Å². The molecular formula is C16H21BN2O5. The molecule has 0 bridgehead atoms. The van der Waals surface area contributed by atoms with Crippen molar-refractivity contribution in [3.05, 3.63) is 29.3 Å². The summed E-state index contributed by atoms with van der Waals surface area (Å²) in [6.45, 7) is 2.03. The Hall–Kier alpha value is -2.06. The van der Waals surface area contributed by atoms with Crippen molar-refractivity contribution >= 4 is 19.0 Å². The molecule has 4 atom stereocenters. The maximum absolute atomic E-state index is 12.4. The first-order valence-electron chi connectivity index (χ1n) is 8.12. The van der Waals surface area contributed by atoms with Crippen molar-refractivity contribution in [2.24, 2.45) is 17.6 Å². The Balaban J connectivity index is 1.72. The van der Waals surface area contributed by atoms with Gasteiger partial charge in [0.25, 0.3) is 0 Å². The molecule has 0 aromatic heterocycles. The molecule has 1 aliphatic carbocycles. The average molecular weight is 332 g/mol. The molecule has 1 fully saturated rings. The van der Waals surface area contributed by atoms with Gasteiger partial charge in [-0.2, -0.15) is 0 Å². The van der Waals surface area contributed by atoms with E-state index in [0.29, 0.717) is 24.3 Å². The van der Waals surface area contributed by atoms with Crippen LogP contribution in [0, 0.1) is 11.8 Å². The largest absolute Gasteiger partial charge is 0.547 e. The first-order valence-corrected chi connectivity index (χ1v) is 8.12. The number of carbonyl (C=O) groups excluding carboxylic acids is 1. The van der Waals surface area contributed by atoms with Gasteiger partial charge in [-0.3, -0.25) is 4.79 Å². The molecule has 8 heteroatoms. The van der Waals surface area contributed by atoms with Crippen molar-refractivity contribution in [1.82, 2.24) is 5.32 Å². The van der Waals surface area contributed by atoms with Gasteiger partial charge in [-0.05, 0) is 36.8 Å². The third kappa shape index (κ3) is 3.11. The third-order valence-corrected chi connectivity index (χ3v) is 4.99. The van der Waals surface area contributed by atoms with Crippen LogP contribution in [0.25, 0.3) is 0 Å². The Bertz CT molecular complexity index is 658. The van der Waals surface area contributed by atoms with E-state index in [1.54, 1.807) is 12.1 Å². The zero-order valence-electron chi connectivity index (χ0n) is 13.4. The number of rotatable bonds is 3. The number of hydrogen-bond donors (Lipinski definition) is 4. The Kier molecular flexibility index (Phi) is 4.51. The molecule has 3 rings (SSSR count). The standard InChI is InChI=1S/C16H21BN2O5/c1-8-5-10(6-12(8)18)15(20)19-13-7-9-3-2-4-11(16(21)22)14(9)24-17(13)23/h2-4,8,10,12-13,23H,5-7,18H2,1H3,(H,19,20)(H,21,22)/t8-,10-,12-,13-/m0/s1. The molecule has 0 spiro atoms. The number of nitrogens with two attached hydrogens (primary N) is 1. The first-order chi connectivity index (χ1) is 11.4. The molecule has 0 saturated heterocycles. The van der Waals surface area contributed by atoms with Crippen molar-refractivity contribution in [3.63, 3.8) is 0 Å². The van der Waals surface area contributed by atoms with Crippen LogP contribution in [0.4, 0.5) is 0 Å². The average Bonchev–Trinajstić information content (AvgIpc) is 2.87. The van der Waals surface area contributed by atoms with E-state index in [-0.39, 0.29) is 29.2 Å². The molecule has 24 heavy (non-hydrogen) atoms. The maximum Gasteiger partial charge on any atom is 0.547 e. The lowest BCUT2D eigenvalue weighted by atomic mass is 9.72. The van der Waals surface area contributed by atoms with E-state index >= 15 is 0 Å². The van der Waals surface area contributed by atoms with E-state index in [2.05, 4.69) is 5.32 Å². The van der Waals surface area contributed by atoms with E-state index in [1.165, 1.54) is 6.07 Å². The van der Waals surface area contributed by atoms with Gasteiger partial charge in [0.05, 0.1) is 11.5 Å². The minimum absolute atomic E-state index is 0.00641. The molecule has 1 saturated carbocycles. The topological polar surface area (TPSA) is 122 Å². The summed E-state index contributed by atoms with van der Waals surface area (Å²) < 4.78 is 5.38. The third-order valence-electron chi connectivity index (χ3n) is 4.99. The van der Waals surface area contributed by atoms with E-state index in [4.69, 9.17) is 10.4 Å². The van der Waals surface area contributed by atoms with E-state index < -0.39 is 19.0 Å². The highest BCUT2D eigenvalue weighted by Gasteiger charge is 2.40. The van der Waals surface area contributed by atoms with Gasteiger partial charge in [-0.25, -0.2) is 4.79 Å². The SMILES string of the molecule is C[C@H]1C[C@H](C(=O)N[C@H]2Cc3cccc(C(=O)O)c3OB2O)C[C@@H]1N. The molecule has 128 valence electrons. The van der Waals surface area contributed by atoms with Crippen molar-refractivity contribution in [3.8, 4) is 5.75 Å². The summed E-state index contributed by atoms with van der Waals surface area (Å²) >= 11 is 0. The Morgan fingerprint density at radius 1 is 1.38 bits per heavy atom.